The Morgan fingerprint density at radius 3 is 1.71 bits per heavy atom. The van der Waals surface area contributed by atoms with Gasteiger partial charge in [-0.2, -0.15) is 0 Å². The molecule has 0 atom stereocenters. The first-order valence-corrected chi connectivity index (χ1v) is 5.82. The maximum Gasteiger partial charge on any atom is 0.0181 e. The monoisotopic (exact) mass is 197 g/mol. The van der Waals surface area contributed by atoms with Crippen LogP contribution in [0.15, 0.2) is 0 Å². The Kier molecular flexibility index (Phi) is 2.78. The zero-order valence-corrected chi connectivity index (χ0v) is 11.0. The van der Waals surface area contributed by atoms with Crippen molar-refractivity contribution in [2.45, 2.75) is 60.9 Å². The minimum atomic E-state index is 0.455. The Bertz CT molecular complexity index is 194. The standard InChI is InChI=1S/C13H27N/c1-11(2,3)8-9-14-10-12(4,5)13(10,6)7/h10,14H,8-9H2,1-7H3. The molecule has 14 heavy (non-hydrogen) atoms. The van der Waals surface area contributed by atoms with E-state index in [0.29, 0.717) is 22.3 Å². The predicted octanol–water partition coefficient (Wildman–Crippen LogP) is 3.45. The van der Waals surface area contributed by atoms with E-state index in [2.05, 4.69) is 53.8 Å². The molecular weight excluding hydrogens is 170 g/mol. The Morgan fingerprint density at radius 1 is 1.00 bits per heavy atom. The quantitative estimate of drug-likeness (QED) is 0.731. The minimum Gasteiger partial charge on any atom is -0.313 e. The highest BCUT2D eigenvalue weighted by Gasteiger charge is 2.64. The van der Waals surface area contributed by atoms with Crippen molar-refractivity contribution in [1.82, 2.24) is 5.32 Å². The van der Waals surface area contributed by atoms with Crippen LogP contribution in [-0.2, 0) is 0 Å². The van der Waals surface area contributed by atoms with Crippen molar-refractivity contribution in [3.63, 3.8) is 0 Å². The largest absolute Gasteiger partial charge is 0.313 e. The first kappa shape index (κ1) is 12.0. The molecule has 84 valence electrons. The van der Waals surface area contributed by atoms with E-state index in [0.717, 1.165) is 6.54 Å². The minimum absolute atomic E-state index is 0.455. The molecule has 1 nitrogen and oxygen atoms in total. The van der Waals surface area contributed by atoms with Gasteiger partial charge in [0.25, 0.3) is 0 Å². The van der Waals surface area contributed by atoms with E-state index in [-0.39, 0.29) is 0 Å². The highest BCUT2D eigenvalue weighted by atomic mass is 15.0. The first-order valence-electron chi connectivity index (χ1n) is 5.82. The van der Waals surface area contributed by atoms with Crippen molar-refractivity contribution in [3.8, 4) is 0 Å². The van der Waals surface area contributed by atoms with Crippen LogP contribution >= 0.6 is 0 Å². The predicted molar refractivity (Wildman–Crippen MR) is 63.4 cm³/mol. The van der Waals surface area contributed by atoms with Crippen molar-refractivity contribution in [2.24, 2.45) is 16.2 Å². The van der Waals surface area contributed by atoms with Gasteiger partial charge in [-0.15, -0.1) is 0 Å². The van der Waals surface area contributed by atoms with E-state index in [4.69, 9.17) is 0 Å². The third-order valence-corrected chi connectivity index (χ3v) is 4.24. The molecule has 1 fully saturated rings. The smallest absolute Gasteiger partial charge is 0.0181 e. The molecule has 1 aliphatic carbocycles. The van der Waals surface area contributed by atoms with Gasteiger partial charge >= 0.3 is 0 Å². The fourth-order valence-electron chi connectivity index (χ4n) is 2.30. The van der Waals surface area contributed by atoms with Crippen molar-refractivity contribution in [2.75, 3.05) is 6.54 Å². The molecule has 0 saturated heterocycles. The molecule has 0 aromatic rings. The maximum atomic E-state index is 3.69. The summed E-state index contributed by atoms with van der Waals surface area (Å²) in [5.74, 6) is 0. The summed E-state index contributed by atoms with van der Waals surface area (Å²) in [6, 6.07) is 0.706. The lowest BCUT2D eigenvalue weighted by Gasteiger charge is -2.18. The molecular formula is C13H27N. The van der Waals surface area contributed by atoms with Crippen LogP contribution in [-0.4, -0.2) is 12.6 Å². The van der Waals surface area contributed by atoms with Crippen LogP contribution in [0.3, 0.4) is 0 Å². The van der Waals surface area contributed by atoms with Crippen molar-refractivity contribution < 1.29 is 0 Å². The number of hydrogen-bond donors (Lipinski definition) is 1. The number of nitrogens with one attached hydrogen (secondary N) is 1. The molecule has 0 aliphatic heterocycles. The second-order valence-electron chi connectivity index (χ2n) is 7.14. The molecule has 0 amide bonds. The van der Waals surface area contributed by atoms with Gasteiger partial charge in [-0.05, 0) is 29.2 Å². The van der Waals surface area contributed by atoms with Crippen LogP contribution in [0.25, 0.3) is 0 Å². The second kappa shape index (κ2) is 3.23. The molecule has 0 aromatic heterocycles. The molecule has 1 N–H and O–H groups in total. The van der Waals surface area contributed by atoms with E-state index in [1.165, 1.54) is 6.42 Å². The molecule has 1 aliphatic rings. The summed E-state index contributed by atoms with van der Waals surface area (Å²) in [4.78, 5) is 0. The Hall–Kier alpha value is -0.0400. The summed E-state index contributed by atoms with van der Waals surface area (Å²) in [6.45, 7) is 17.5. The third-order valence-electron chi connectivity index (χ3n) is 4.24. The summed E-state index contributed by atoms with van der Waals surface area (Å²) in [5, 5.41) is 3.69. The van der Waals surface area contributed by atoms with Gasteiger partial charge < -0.3 is 5.32 Å². The molecule has 1 rings (SSSR count). The summed E-state index contributed by atoms with van der Waals surface area (Å²) in [5.41, 5.74) is 1.41. The third kappa shape index (κ3) is 2.13. The Balaban J connectivity index is 2.30. The van der Waals surface area contributed by atoms with Gasteiger partial charge in [0, 0.05) is 6.04 Å². The van der Waals surface area contributed by atoms with Gasteiger partial charge in [0.05, 0.1) is 0 Å². The summed E-state index contributed by atoms with van der Waals surface area (Å²) in [7, 11) is 0. The normalized spacial score (nSPS) is 25.1. The fourth-order valence-corrected chi connectivity index (χ4v) is 2.30. The average molecular weight is 197 g/mol. The summed E-state index contributed by atoms with van der Waals surface area (Å²) < 4.78 is 0. The van der Waals surface area contributed by atoms with Crippen LogP contribution in [0.2, 0.25) is 0 Å². The van der Waals surface area contributed by atoms with E-state index in [9.17, 15) is 0 Å². The number of hydrogen-bond acceptors (Lipinski definition) is 1. The molecule has 0 radical (unpaired) electrons. The van der Waals surface area contributed by atoms with Gasteiger partial charge in [0.1, 0.15) is 0 Å². The van der Waals surface area contributed by atoms with Crippen molar-refractivity contribution >= 4 is 0 Å². The first-order chi connectivity index (χ1) is 6.09. The van der Waals surface area contributed by atoms with E-state index < -0.39 is 0 Å². The maximum absolute atomic E-state index is 3.69. The van der Waals surface area contributed by atoms with Gasteiger partial charge in [0.2, 0.25) is 0 Å². The number of rotatable bonds is 3. The zero-order valence-electron chi connectivity index (χ0n) is 11.0. The lowest BCUT2D eigenvalue weighted by Crippen LogP contribution is -2.26. The topological polar surface area (TPSA) is 12.0 Å². The van der Waals surface area contributed by atoms with Gasteiger partial charge in [-0.3, -0.25) is 0 Å². The molecule has 1 saturated carbocycles. The SMILES string of the molecule is CC(C)(C)CCNC1C(C)(C)C1(C)C. The average Bonchev–Trinajstić information content (AvgIpc) is 2.28. The van der Waals surface area contributed by atoms with Gasteiger partial charge in [0.15, 0.2) is 0 Å². The molecule has 0 aromatic carbocycles. The summed E-state index contributed by atoms with van der Waals surface area (Å²) in [6.07, 6.45) is 1.26. The van der Waals surface area contributed by atoms with Gasteiger partial charge in [-0.1, -0.05) is 48.5 Å². The molecule has 0 bridgehead atoms. The van der Waals surface area contributed by atoms with Gasteiger partial charge in [-0.25, -0.2) is 0 Å². The second-order valence-corrected chi connectivity index (χ2v) is 7.14. The highest BCUT2D eigenvalue weighted by Crippen LogP contribution is 2.62. The highest BCUT2D eigenvalue weighted by molar-refractivity contribution is 5.17. The lowest BCUT2D eigenvalue weighted by molar-refractivity contribution is 0.360. The van der Waals surface area contributed by atoms with Crippen LogP contribution in [0, 0.1) is 16.2 Å². The Labute approximate surface area is 89.7 Å². The van der Waals surface area contributed by atoms with Crippen LogP contribution < -0.4 is 5.32 Å². The molecule has 0 heterocycles. The van der Waals surface area contributed by atoms with Crippen LogP contribution in [0.4, 0.5) is 0 Å². The fraction of sp³-hybridized carbons (Fsp3) is 1.00. The van der Waals surface area contributed by atoms with Crippen molar-refractivity contribution in [3.05, 3.63) is 0 Å². The van der Waals surface area contributed by atoms with Crippen LogP contribution in [0.1, 0.15) is 54.9 Å². The lowest BCUT2D eigenvalue weighted by atomic mass is 9.92. The molecule has 0 unspecified atom stereocenters. The zero-order chi connectivity index (χ0) is 11.2. The molecule has 1 heteroatoms. The van der Waals surface area contributed by atoms with E-state index >= 15 is 0 Å². The molecule has 0 spiro atoms. The van der Waals surface area contributed by atoms with Crippen LogP contribution in [0.5, 0.6) is 0 Å². The van der Waals surface area contributed by atoms with E-state index in [1.54, 1.807) is 0 Å². The Morgan fingerprint density at radius 2 is 1.43 bits per heavy atom. The van der Waals surface area contributed by atoms with E-state index in [1.807, 2.05) is 0 Å². The summed E-state index contributed by atoms with van der Waals surface area (Å²) >= 11 is 0. The van der Waals surface area contributed by atoms with Crippen molar-refractivity contribution in [1.29, 1.82) is 0 Å².